The Morgan fingerprint density at radius 2 is 1.90 bits per heavy atom. The first kappa shape index (κ1) is 13.5. The molecule has 1 aliphatic carbocycles. The third kappa shape index (κ3) is 2.98. The zero-order valence-corrected chi connectivity index (χ0v) is 12.3. The van der Waals surface area contributed by atoms with Crippen LogP contribution in [-0.2, 0) is 9.59 Å². The third-order valence-corrected chi connectivity index (χ3v) is 4.91. The highest BCUT2D eigenvalue weighted by Crippen LogP contribution is 2.42. The number of piperidine rings is 1. The first-order valence-electron chi connectivity index (χ1n) is 7.03. The summed E-state index contributed by atoms with van der Waals surface area (Å²) in [6, 6.07) is 0. The third-order valence-electron chi connectivity index (χ3n) is 3.91. The van der Waals surface area contributed by atoms with E-state index in [1.54, 1.807) is 11.8 Å². The lowest BCUT2D eigenvalue weighted by molar-refractivity contribution is -0.132. The Labute approximate surface area is 121 Å². The molecule has 0 unspecified atom stereocenters. The Morgan fingerprint density at radius 1 is 1.20 bits per heavy atom. The molecule has 1 aromatic rings. The monoisotopic (exact) mass is 294 g/mol. The van der Waals surface area contributed by atoms with E-state index in [4.69, 9.17) is 0 Å². The predicted molar refractivity (Wildman–Crippen MR) is 75.5 cm³/mol. The molecule has 0 atom stereocenters. The summed E-state index contributed by atoms with van der Waals surface area (Å²) >= 11 is 1.48. The molecule has 2 fully saturated rings. The second kappa shape index (κ2) is 5.47. The maximum atomic E-state index is 12.2. The van der Waals surface area contributed by atoms with Gasteiger partial charge in [-0.2, -0.15) is 0 Å². The molecule has 2 amide bonds. The number of hydrogen-bond acceptors (Lipinski definition) is 5. The molecule has 1 saturated heterocycles. The number of rotatable bonds is 3. The number of anilines is 1. The molecule has 2 heterocycles. The van der Waals surface area contributed by atoms with Crippen molar-refractivity contribution in [2.24, 2.45) is 5.92 Å². The van der Waals surface area contributed by atoms with Crippen LogP contribution in [-0.4, -0.2) is 40.0 Å². The van der Waals surface area contributed by atoms with Crippen molar-refractivity contribution in [1.29, 1.82) is 0 Å². The van der Waals surface area contributed by atoms with E-state index < -0.39 is 0 Å². The molecule has 0 bridgehead atoms. The van der Waals surface area contributed by atoms with E-state index in [1.807, 2.05) is 0 Å². The van der Waals surface area contributed by atoms with Crippen LogP contribution >= 0.6 is 11.3 Å². The number of likely N-dealkylation sites (tertiary alicyclic amines) is 1. The van der Waals surface area contributed by atoms with Gasteiger partial charge in [-0.25, -0.2) is 0 Å². The zero-order chi connectivity index (χ0) is 14.1. The van der Waals surface area contributed by atoms with Crippen LogP contribution in [0.2, 0.25) is 0 Å². The number of aromatic nitrogens is 2. The van der Waals surface area contributed by atoms with Crippen LogP contribution in [0.15, 0.2) is 0 Å². The van der Waals surface area contributed by atoms with Crippen molar-refractivity contribution in [1.82, 2.24) is 15.1 Å². The minimum absolute atomic E-state index is 0.00620. The number of nitrogens with one attached hydrogen (secondary N) is 1. The summed E-state index contributed by atoms with van der Waals surface area (Å²) in [7, 11) is 0. The first-order chi connectivity index (χ1) is 9.63. The maximum Gasteiger partial charge on any atom is 0.229 e. The molecular formula is C13H18N4O2S. The lowest BCUT2D eigenvalue weighted by atomic mass is 9.96. The second-order valence-electron chi connectivity index (χ2n) is 5.49. The molecule has 7 heteroatoms. The fourth-order valence-corrected chi connectivity index (χ4v) is 3.36. The predicted octanol–water partition coefficient (Wildman–Crippen LogP) is 1.61. The van der Waals surface area contributed by atoms with Gasteiger partial charge in [0.2, 0.25) is 16.9 Å². The topological polar surface area (TPSA) is 75.2 Å². The highest BCUT2D eigenvalue weighted by Gasteiger charge is 2.29. The Bertz CT molecular complexity index is 518. The van der Waals surface area contributed by atoms with Crippen LogP contribution in [0.5, 0.6) is 0 Å². The van der Waals surface area contributed by atoms with E-state index in [0.717, 1.165) is 17.8 Å². The van der Waals surface area contributed by atoms with Gasteiger partial charge in [0, 0.05) is 31.8 Å². The lowest BCUT2D eigenvalue weighted by Crippen LogP contribution is -2.40. The van der Waals surface area contributed by atoms with E-state index in [9.17, 15) is 9.59 Å². The van der Waals surface area contributed by atoms with E-state index in [-0.39, 0.29) is 17.7 Å². The summed E-state index contributed by atoms with van der Waals surface area (Å²) in [5, 5.41) is 12.6. The van der Waals surface area contributed by atoms with Crippen molar-refractivity contribution in [2.75, 3.05) is 18.4 Å². The highest BCUT2D eigenvalue weighted by atomic mass is 32.1. The quantitative estimate of drug-likeness (QED) is 0.919. The molecule has 0 spiro atoms. The Balaban J connectivity index is 1.52. The van der Waals surface area contributed by atoms with Gasteiger partial charge in [0.05, 0.1) is 0 Å². The van der Waals surface area contributed by atoms with Gasteiger partial charge in [-0.05, 0) is 25.7 Å². The number of carbonyl (C=O) groups excluding carboxylic acids is 2. The van der Waals surface area contributed by atoms with Crippen LogP contribution in [0.1, 0.15) is 43.5 Å². The second-order valence-corrected chi connectivity index (χ2v) is 6.50. The van der Waals surface area contributed by atoms with Crippen molar-refractivity contribution in [3.05, 3.63) is 5.01 Å². The van der Waals surface area contributed by atoms with E-state index in [1.165, 1.54) is 24.2 Å². The first-order valence-corrected chi connectivity index (χ1v) is 7.85. The Kier molecular flexibility index (Phi) is 3.69. The van der Waals surface area contributed by atoms with Crippen molar-refractivity contribution in [3.8, 4) is 0 Å². The Hall–Kier alpha value is -1.50. The van der Waals surface area contributed by atoms with Gasteiger partial charge in [0.1, 0.15) is 5.01 Å². The van der Waals surface area contributed by atoms with Crippen molar-refractivity contribution >= 4 is 28.3 Å². The normalized spacial score (nSPS) is 19.9. The maximum absolute atomic E-state index is 12.2. The summed E-state index contributed by atoms with van der Waals surface area (Å²) in [6.45, 7) is 2.90. The van der Waals surface area contributed by atoms with Crippen LogP contribution < -0.4 is 5.32 Å². The molecule has 2 aliphatic rings. The summed E-state index contributed by atoms with van der Waals surface area (Å²) in [5.41, 5.74) is 0. The lowest BCUT2D eigenvalue weighted by Gasteiger charge is -2.30. The molecule has 3 rings (SSSR count). The van der Waals surface area contributed by atoms with E-state index >= 15 is 0 Å². The van der Waals surface area contributed by atoms with Crippen molar-refractivity contribution in [2.45, 2.75) is 38.5 Å². The zero-order valence-electron chi connectivity index (χ0n) is 11.5. The molecule has 108 valence electrons. The molecule has 1 aromatic heterocycles. The van der Waals surface area contributed by atoms with Gasteiger partial charge in [-0.1, -0.05) is 11.3 Å². The van der Waals surface area contributed by atoms with Gasteiger partial charge >= 0.3 is 0 Å². The summed E-state index contributed by atoms with van der Waals surface area (Å²) < 4.78 is 0. The summed E-state index contributed by atoms with van der Waals surface area (Å²) in [4.78, 5) is 25.2. The van der Waals surface area contributed by atoms with Crippen LogP contribution in [0.4, 0.5) is 5.13 Å². The smallest absolute Gasteiger partial charge is 0.229 e. The van der Waals surface area contributed by atoms with Crippen molar-refractivity contribution in [3.63, 3.8) is 0 Å². The fourth-order valence-electron chi connectivity index (χ4n) is 2.44. The van der Waals surface area contributed by atoms with Gasteiger partial charge < -0.3 is 10.2 Å². The molecular weight excluding hydrogens is 276 g/mol. The molecule has 1 aliphatic heterocycles. The number of carbonyl (C=O) groups is 2. The minimum atomic E-state index is -0.0288. The van der Waals surface area contributed by atoms with Gasteiger partial charge in [-0.15, -0.1) is 10.2 Å². The molecule has 0 aromatic carbocycles. The van der Waals surface area contributed by atoms with Crippen LogP contribution in [0.3, 0.4) is 0 Å². The van der Waals surface area contributed by atoms with Crippen LogP contribution in [0, 0.1) is 5.92 Å². The van der Waals surface area contributed by atoms with Gasteiger partial charge in [0.25, 0.3) is 0 Å². The van der Waals surface area contributed by atoms with E-state index in [0.29, 0.717) is 24.1 Å². The fraction of sp³-hybridized carbons (Fsp3) is 0.692. The molecule has 0 radical (unpaired) electrons. The molecule has 6 nitrogen and oxygen atoms in total. The average molecular weight is 294 g/mol. The standard InChI is InChI=1S/C13H18N4O2S/c1-8(18)17-6-4-9(5-7-17)11(19)14-13-16-15-12(20-13)10-2-3-10/h9-10H,2-7H2,1H3,(H,14,16,19). The average Bonchev–Trinajstić information content (AvgIpc) is 3.20. The van der Waals surface area contributed by atoms with E-state index in [2.05, 4.69) is 15.5 Å². The number of nitrogens with zero attached hydrogens (tertiary/aromatic N) is 3. The molecule has 1 saturated carbocycles. The van der Waals surface area contributed by atoms with Gasteiger partial charge in [0.15, 0.2) is 0 Å². The SMILES string of the molecule is CC(=O)N1CCC(C(=O)Nc2nnc(C3CC3)s2)CC1. The Morgan fingerprint density at radius 3 is 2.50 bits per heavy atom. The van der Waals surface area contributed by atoms with Gasteiger partial charge in [-0.3, -0.25) is 9.59 Å². The summed E-state index contributed by atoms with van der Waals surface area (Å²) in [5.74, 6) is 0.629. The summed E-state index contributed by atoms with van der Waals surface area (Å²) in [6.07, 6.45) is 3.82. The molecule has 1 N–H and O–H groups in total. The minimum Gasteiger partial charge on any atom is -0.343 e. The number of hydrogen-bond donors (Lipinski definition) is 1. The largest absolute Gasteiger partial charge is 0.343 e. The van der Waals surface area contributed by atoms with Crippen LogP contribution in [0.25, 0.3) is 0 Å². The highest BCUT2D eigenvalue weighted by molar-refractivity contribution is 7.15. The van der Waals surface area contributed by atoms with Crippen molar-refractivity contribution < 1.29 is 9.59 Å². The molecule has 20 heavy (non-hydrogen) atoms. The number of amides is 2.